The Kier molecular flexibility index (Phi) is 4.88. The standard InChI is InChI=1S/C17H21N3O2/c1-4-17(3,11-21)20-16(22)14-10-18-15(19-12(14)2)13-8-6-5-7-9-13/h5-10,21H,4,11H2,1-3H3,(H,20,22). The van der Waals surface area contributed by atoms with Crippen molar-refractivity contribution < 1.29 is 9.90 Å². The van der Waals surface area contributed by atoms with Gasteiger partial charge in [-0.3, -0.25) is 4.79 Å². The fourth-order valence-electron chi connectivity index (χ4n) is 2.00. The van der Waals surface area contributed by atoms with E-state index in [2.05, 4.69) is 15.3 Å². The Balaban J connectivity index is 2.25. The molecule has 2 rings (SSSR count). The van der Waals surface area contributed by atoms with Gasteiger partial charge in [0.2, 0.25) is 0 Å². The molecule has 5 nitrogen and oxygen atoms in total. The van der Waals surface area contributed by atoms with Gasteiger partial charge in [0, 0.05) is 11.8 Å². The molecule has 0 spiro atoms. The Morgan fingerprint density at radius 2 is 2.00 bits per heavy atom. The van der Waals surface area contributed by atoms with Gasteiger partial charge in [-0.15, -0.1) is 0 Å². The van der Waals surface area contributed by atoms with Crippen LogP contribution in [0.3, 0.4) is 0 Å². The van der Waals surface area contributed by atoms with Gasteiger partial charge < -0.3 is 10.4 Å². The molecular formula is C17H21N3O2. The Labute approximate surface area is 130 Å². The lowest BCUT2D eigenvalue weighted by Gasteiger charge is -2.27. The summed E-state index contributed by atoms with van der Waals surface area (Å²) in [6.45, 7) is 5.39. The molecule has 0 aliphatic rings. The number of aryl methyl sites for hydroxylation is 1. The van der Waals surface area contributed by atoms with Crippen molar-refractivity contribution in [1.29, 1.82) is 0 Å². The highest BCUT2D eigenvalue weighted by molar-refractivity contribution is 5.95. The fourth-order valence-corrected chi connectivity index (χ4v) is 2.00. The van der Waals surface area contributed by atoms with Gasteiger partial charge in [-0.1, -0.05) is 37.3 Å². The first-order valence-electron chi connectivity index (χ1n) is 7.31. The quantitative estimate of drug-likeness (QED) is 0.888. The number of aliphatic hydroxyl groups is 1. The zero-order chi connectivity index (χ0) is 16.2. The van der Waals surface area contributed by atoms with Crippen molar-refractivity contribution in [2.75, 3.05) is 6.61 Å². The van der Waals surface area contributed by atoms with Crippen molar-refractivity contribution in [3.8, 4) is 11.4 Å². The minimum atomic E-state index is -0.637. The number of aromatic nitrogens is 2. The topological polar surface area (TPSA) is 75.1 Å². The molecule has 0 radical (unpaired) electrons. The van der Waals surface area contributed by atoms with Crippen LogP contribution in [-0.2, 0) is 0 Å². The number of aliphatic hydroxyl groups excluding tert-OH is 1. The smallest absolute Gasteiger partial charge is 0.255 e. The summed E-state index contributed by atoms with van der Waals surface area (Å²) in [5, 5.41) is 12.2. The average Bonchev–Trinajstić information content (AvgIpc) is 2.55. The van der Waals surface area contributed by atoms with Crippen LogP contribution in [0, 0.1) is 6.92 Å². The van der Waals surface area contributed by atoms with E-state index in [0.29, 0.717) is 23.5 Å². The summed E-state index contributed by atoms with van der Waals surface area (Å²) in [5.74, 6) is 0.325. The molecule has 1 unspecified atom stereocenters. The molecular weight excluding hydrogens is 278 g/mol. The third kappa shape index (κ3) is 3.49. The van der Waals surface area contributed by atoms with Crippen molar-refractivity contribution in [2.24, 2.45) is 0 Å². The second-order valence-corrected chi connectivity index (χ2v) is 5.59. The number of hydrogen-bond donors (Lipinski definition) is 2. The van der Waals surface area contributed by atoms with Gasteiger partial charge >= 0.3 is 0 Å². The van der Waals surface area contributed by atoms with E-state index < -0.39 is 5.54 Å². The first-order chi connectivity index (χ1) is 10.5. The van der Waals surface area contributed by atoms with Crippen LogP contribution in [0.1, 0.15) is 36.3 Å². The lowest BCUT2D eigenvalue weighted by atomic mass is 9.99. The Morgan fingerprint density at radius 1 is 1.32 bits per heavy atom. The van der Waals surface area contributed by atoms with E-state index in [4.69, 9.17) is 0 Å². The first-order valence-corrected chi connectivity index (χ1v) is 7.31. The molecule has 2 N–H and O–H groups in total. The van der Waals surface area contributed by atoms with Crippen LogP contribution < -0.4 is 5.32 Å². The third-order valence-electron chi connectivity index (χ3n) is 3.80. The van der Waals surface area contributed by atoms with Crippen LogP contribution in [-0.4, -0.2) is 33.1 Å². The largest absolute Gasteiger partial charge is 0.394 e. The van der Waals surface area contributed by atoms with E-state index in [1.807, 2.05) is 37.3 Å². The lowest BCUT2D eigenvalue weighted by Crippen LogP contribution is -2.48. The van der Waals surface area contributed by atoms with E-state index in [1.165, 1.54) is 6.20 Å². The van der Waals surface area contributed by atoms with Gasteiger partial charge in [-0.05, 0) is 20.3 Å². The molecule has 1 heterocycles. The molecule has 1 aromatic carbocycles. The van der Waals surface area contributed by atoms with Crippen molar-refractivity contribution in [2.45, 2.75) is 32.7 Å². The summed E-state index contributed by atoms with van der Waals surface area (Å²) in [7, 11) is 0. The first kappa shape index (κ1) is 16.1. The van der Waals surface area contributed by atoms with Gasteiger partial charge in [-0.2, -0.15) is 0 Å². The zero-order valence-electron chi connectivity index (χ0n) is 13.1. The maximum Gasteiger partial charge on any atom is 0.255 e. The number of benzene rings is 1. The number of carbonyl (C=O) groups is 1. The summed E-state index contributed by atoms with van der Waals surface area (Å²) in [6.07, 6.45) is 2.17. The highest BCUT2D eigenvalue weighted by atomic mass is 16.3. The van der Waals surface area contributed by atoms with Gasteiger partial charge in [0.15, 0.2) is 5.82 Å². The Morgan fingerprint density at radius 3 is 2.55 bits per heavy atom. The number of hydrogen-bond acceptors (Lipinski definition) is 4. The molecule has 0 bridgehead atoms. The number of rotatable bonds is 5. The number of amides is 1. The minimum absolute atomic E-state index is 0.114. The normalized spacial score (nSPS) is 13.5. The summed E-state index contributed by atoms with van der Waals surface area (Å²) in [5.41, 5.74) is 1.31. The van der Waals surface area contributed by atoms with Crippen molar-refractivity contribution >= 4 is 5.91 Å². The molecule has 0 saturated heterocycles. The lowest BCUT2D eigenvalue weighted by molar-refractivity contribution is 0.0846. The summed E-state index contributed by atoms with van der Waals surface area (Å²) in [4.78, 5) is 21.0. The fraction of sp³-hybridized carbons (Fsp3) is 0.353. The summed E-state index contributed by atoms with van der Waals surface area (Å²) < 4.78 is 0. The highest BCUT2D eigenvalue weighted by Gasteiger charge is 2.25. The van der Waals surface area contributed by atoms with Crippen LogP contribution in [0.25, 0.3) is 11.4 Å². The highest BCUT2D eigenvalue weighted by Crippen LogP contribution is 2.16. The predicted octanol–water partition coefficient (Wildman–Crippen LogP) is 2.34. The molecule has 0 aliphatic carbocycles. The predicted molar refractivity (Wildman–Crippen MR) is 85.5 cm³/mol. The minimum Gasteiger partial charge on any atom is -0.394 e. The SMILES string of the molecule is CCC(C)(CO)NC(=O)c1cnc(-c2ccccc2)nc1C. The van der Waals surface area contributed by atoms with E-state index in [9.17, 15) is 9.90 Å². The molecule has 1 aromatic heterocycles. The molecule has 5 heteroatoms. The monoisotopic (exact) mass is 299 g/mol. The molecule has 2 aromatic rings. The van der Waals surface area contributed by atoms with Gasteiger partial charge in [-0.25, -0.2) is 9.97 Å². The molecule has 116 valence electrons. The van der Waals surface area contributed by atoms with Crippen molar-refractivity contribution in [3.63, 3.8) is 0 Å². The van der Waals surface area contributed by atoms with Crippen LogP contribution in [0.5, 0.6) is 0 Å². The third-order valence-corrected chi connectivity index (χ3v) is 3.80. The van der Waals surface area contributed by atoms with Crippen molar-refractivity contribution in [1.82, 2.24) is 15.3 Å². The van der Waals surface area contributed by atoms with Crippen LogP contribution >= 0.6 is 0 Å². The maximum atomic E-state index is 12.3. The second-order valence-electron chi connectivity index (χ2n) is 5.59. The molecule has 1 atom stereocenters. The molecule has 0 saturated carbocycles. The van der Waals surface area contributed by atoms with E-state index in [-0.39, 0.29) is 12.5 Å². The summed E-state index contributed by atoms with van der Waals surface area (Å²) >= 11 is 0. The van der Waals surface area contributed by atoms with Crippen LogP contribution in [0.15, 0.2) is 36.5 Å². The Bertz CT molecular complexity index is 652. The summed E-state index contributed by atoms with van der Waals surface area (Å²) in [6, 6.07) is 9.62. The maximum absolute atomic E-state index is 12.3. The molecule has 1 amide bonds. The van der Waals surface area contributed by atoms with E-state index in [0.717, 1.165) is 5.56 Å². The van der Waals surface area contributed by atoms with E-state index in [1.54, 1.807) is 13.8 Å². The number of nitrogens with zero attached hydrogens (tertiary/aromatic N) is 2. The van der Waals surface area contributed by atoms with Crippen molar-refractivity contribution in [3.05, 3.63) is 47.8 Å². The van der Waals surface area contributed by atoms with Gasteiger partial charge in [0.05, 0.1) is 23.4 Å². The average molecular weight is 299 g/mol. The van der Waals surface area contributed by atoms with Gasteiger partial charge in [0.1, 0.15) is 0 Å². The zero-order valence-corrected chi connectivity index (χ0v) is 13.1. The number of nitrogens with one attached hydrogen (secondary N) is 1. The van der Waals surface area contributed by atoms with Crippen LogP contribution in [0.2, 0.25) is 0 Å². The second kappa shape index (κ2) is 6.66. The van der Waals surface area contributed by atoms with Gasteiger partial charge in [0.25, 0.3) is 5.91 Å². The van der Waals surface area contributed by atoms with E-state index >= 15 is 0 Å². The molecule has 22 heavy (non-hydrogen) atoms. The molecule has 0 fully saturated rings. The van der Waals surface area contributed by atoms with Crippen LogP contribution in [0.4, 0.5) is 0 Å². The molecule has 0 aliphatic heterocycles. The number of carbonyl (C=O) groups excluding carboxylic acids is 1. The Hall–Kier alpha value is -2.27.